The zero-order valence-corrected chi connectivity index (χ0v) is 22.0. The summed E-state index contributed by atoms with van der Waals surface area (Å²) < 4.78 is 50.3. The Bertz CT molecular complexity index is 1300. The number of allylic oxidation sites excluding steroid dienone is 6. The molecular formula is C28H29ClF3N3O3. The fourth-order valence-corrected chi connectivity index (χ4v) is 4.50. The van der Waals surface area contributed by atoms with E-state index in [9.17, 15) is 18.0 Å². The molecule has 0 bridgehead atoms. The van der Waals surface area contributed by atoms with E-state index in [1.807, 2.05) is 12.1 Å². The van der Waals surface area contributed by atoms with Crippen LogP contribution < -0.4 is 20.1 Å². The molecule has 38 heavy (non-hydrogen) atoms. The first-order valence-electron chi connectivity index (χ1n) is 12.2. The first kappa shape index (κ1) is 27.6. The summed E-state index contributed by atoms with van der Waals surface area (Å²) in [6.45, 7) is 0.951. The summed E-state index contributed by atoms with van der Waals surface area (Å²) in [6, 6.07) is 7.88. The molecule has 10 heteroatoms. The Hall–Kier alpha value is -3.46. The van der Waals surface area contributed by atoms with Crippen molar-refractivity contribution in [1.29, 1.82) is 0 Å². The van der Waals surface area contributed by atoms with E-state index in [0.29, 0.717) is 30.7 Å². The number of hydrogen-bond donors (Lipinski definition) is 2. The zero-order chi connectivity index (χ0) is 27.4. The molecule has 2 aromatic rings. The molecule has 1 fully saturated rings. The summed E-state index contributed by atoms with van der Waals surface area (Å²) in [5.74, 6) is -0.611. The van der Waals surface area contributed by atoms with Crippen molar-refractivity contribution >= 4 is 28.8 Å². The average molecular weight is 548 g/mol. The third-order valence-electron chi connectivity index (χ3n) is 6.36. The molecule has 0 radical (unpaired) electrons. The Kier molecular flexibility index (Phi) is 8.35. The minimum atomic E-state index is -3.39. The van der Waals surface area contributed by atoms with Crippen molar-refractivity contribution in [1.82, 2.24) is 10.3 Å². The van der Waals surface area contributed by atoms with Crippen LogP contribution in [0, 0.1) is 5.92 Å². The lowest BCUT2D eigenvalue weighted by atomic mass is 9.97. The minimum Gasteiger partial charge on any atom is -0.493 e. The lowest BCUT2D eigenvalue weighted by Crippen LogP contribution is -2.30. The Balaban J connectivity index is 1.55. The van der Waals surface area contributed by atoms with Gasteiger partial charge in [-0.3, -0.25) is 9.78 Å². The lowest BCUT2D eigenvalue weighted by Gasteiger charge is -2.20. The SMILES string of the molecule is CNc1ccc(C(CNC(=O)c2ccc(OC(C)(F)F)c(OC)c2)C2CC2)nc1C1=CC(Cl)=C(F)CC=C1. The number of methoxy groups -OCH3 is 1. The number of carbonyl (C=O) groups is 1. The monoisotopic (exact) mass is 547 g/mol. The van der Waals surface area contributed by atoms with Crippen molar-refractivity contribution in [2.45, 2.75) is 38.2 Å². The van der Waals surface area contributed by atoms with E-state index in [1.54, 1.807) is 25.3 Å². The number of benzene rings is 1. The van der Waals surface area contributed by atoms with Crippen molar-refractivity contribution in [3.8, 4) is 11.5 Å². The fourth-order valence-electron chi connectivity index (χ4n) is 4.30. The molecule has 202 valence electrons. The van der Waals surface area contributed by atoms with Gasteiger partial charge in [0.25, 0.3) is 5.91 Å². The maximum Gasteiger partial charge on any atom is 0.395 e. The van der Waals surface area contributed by atoms with E-state index in [1.165, 1.54) is 25.3 Å². The fraction of sp³-hybridized carbons (Fsp3) is 0.357. The first-order valence-corrected chi connectivity index (χ1v) is 12.6. The molecular weight excluding hydrogens is 519 g/mol. The lowest BCUT2D eigenvalue weighted by molar-refractivity contribution is -0.159. The second-order valence-electron chi connectivity index (χ2n) is 9.27. The number of ether oxygens (including phenoxy) is 2. The summed E-state index contributed by atoms with van der Waals surface area (Å²) >= 11 is 6.12. The maximum absolute atomic E-state index is 14.0. The predicted octanol–water partition coefficient (Wildman–Crippen LogP) is 6.81. The molecule has 1 atom stereocenters. The number of halogens is 4. The number of aromatic nitrogens is 1. The van der Waals surface area contributed by atoms with Crippen LogP contribution in [0.1, 0.15) is 53.8 Å². The summed E-state index contributed by atoms with van der Waals surface area (Å²) in [5, 5.41) is 6.11. The Morgan fingerprint density at radius 2 is 2.00 bits per heavy atom. The van der Waals surface area contributed by atoms with E-state index in [2.05, 4.69) is 15.4 Å². The normalized spacial score (nSPS) is 16.4. The van der Waals surface area contributed by atoms with E-state index in [0.717, 1.165) is 24.2 Å². The van der Waals surface area contributed by atoms with Crippen LogP contribution >= 0.6 is 11.6 Å². The van der Waals surface area contributed by atoms with Crippen LogP contribution in [0.5, 0.6) is 11.5 Å². The molecule has 1 saturated carbocycles. The number of amides is 1. The van der Waals surface area contributed by atoms with Crippen LogP contribution in [0.3, 0.4) is 0 Å². The summed E-state index contributed by atoms with van der Waals surface area (Å²) in [4.78, 5) is 17.9. The summed E-state index contributed by atoms with van der Waals surface area (Å²) in [7, 11) is 3.10. The third-order valence-corrected chi connectivity index (χ3v) is 6.68. The molecule has 0 saturated heterocycles. The second kappa shape index (κ2) is 11.5. The number of carbonyl (C=O) groups excluding carboxylic acids is 1. The standard InChI is InChI=1S/C28H29ClF3N3O3/c1-28(31,32)38-24-12-9-18(14-25(24)37-3)27(36)34-15-19(16-7-8-16)22-10-11-23(33-2)26(35-22)17-5-4-6-21(30)20(29)13-17/h4-5,9-14,16,19,33H,6-8,15H2,1-3H3,(H,34,36). The molecule has 1 aromatic heterocycles. The van der Waals surface area contributed by atoms with Gasteiger partial charge in [-0.05, 0) is 55.2 Å². The molecule has 1 heterocycles. The smallest absolute Gasteiger partial charge is 0.395 e. The van der Waals surface area contributed by atoms with Crippen molar-refractivity contribution in [3.05, 3.63) is 76.4 Å². The van der Waals surface area contributed by atoms with Gasteiger partial charge in [-0.2, -0.15) is 8.78 Å². The van der Waals surface area contributed by atoms with Gasteiger partial charge in [-0.15, -0.1) is 0 Å². The second-order valence-corrected chi connectivity index (χ2v) is 9.68. The number of nitrogens with zero attached hydrogens (tertiary/aromatic N) is 1. The van der Waals surface area contributed by atoms with Crippen LogP contribution in [-0.4, -0.2) is 37.7 Å². The Morgan fingerprint density at radius 3 is 2.66 bits per heavy atom. The number of anilines is 1. The molecule has 0 aliphatic heterocycles. The van der Waals surface area contributed by atoms with Gasteiger partial charge in [0.1, 0.15) is 5.83 Å². The third kappa shape index (κ3) is 6.69. The molecule has 6 nitrogen and oxygen atoms in total. The number of alkyl halides is 2. The van der Waals surface area contributed by atoms with Gasteiger partial charge >= 0.3 is 6.11 Å². The van der Waals surface area contributed by atoms with E-state index >= 15 is 0 Å². The summed E-state index contributed by atoms with van der Waals surface area (Å²) in [5.41, 5.74) is 3.13. The van der Waals surface area contributed by atoms with E-state index in [-0.39, 0.29) is 40.3 Å². The highest BCUT2D eigenvalue weighted by Gasteiger charge is 2.34. The minimum absolute atomic E-state index is 0.0285. The van der Waals surface area contributed by atoms with Crippen LogP contribution in [-0.2, 0) is 0 Å². The van der Waals surface area contributed by atoms with Gasteiger partial charge in [0.05, 0.1) is 23.5 Å². The maximum atomic E-state index is 14.0. The van der Waals surface area contributed by atoms with Crippen LogP contribution in [0.2, 0.25) is 0 Å². The van der Waals surface area contributed by atoms with E-state index in [4.69, 9.17) is 21.3 Å². The van der Waals surface area contributed by atoms with Crippen molar-refractivity contribution in [3.63, 3.8) is 0 Å². The van der Waals surface area contributed by atoms with Crippen LogP contribution in [0.15, 0.2) is 59.4 Å². The molecule has 2 N–H and O–H groups in total. The quantitative estimate of drug-likeness (QED) is 0.342. The number of nitrogens with one attached hydrogen (secondary N) is 2. The van der Waals surface area contributed by atoms with Gasteiger partial charge in [0, 0.05) is 49.7 Å². The largest absolute Gasteiger partial charge is 0.493 e. The summed E-state index contributed by atoms with van der Waals surface area (Å²) in [6.07, 6.45) is 3.82. The number of pyridine rings is 1. The molecule has 0 spiro atoms. The number of rotatable bonds is 10. The van der Waals surface area contributed by atoms with Gasteiger partial charge in [0.15, 0.2) is 11.5 Å². The molecule has 4 rings (SSSR count). The molecule has 1 amide bonds. The highest BCUT2D eigenvalue weighted by atomic mass is 35.5. The molecule has 2 aliphatic carbocycles. The van der Waals surface area contributed by atoms with Gasteiger partial charge in [-0.1, -0.05) is 23.8 Å². The molecule has 1 aromatic carbocycles. The van der Waals surface area contributed by atoms with Gasteiger partial charge in [-0.25, -0.2) is 4.39 Å². The highest BCUT2D eigenvalue weighted by Crippen LogP contribution is 2.43. The van der Waals surface area contributed by atoms with Gasteiger partial charge in [0.2, 0.25) is 0 Å². The van der Waals surface area contributed by atoms with E-state index < -0.39 is 11.9 Å². The Morgan fingerprint density at radius 1 is 1.24 bits per heavy atom. The van der Waals surface area contributed by atoms with Crippen molar-refractivity contribution in [2.75, 3.05) is 26.0 Å². The van der Waals surface area contributed by atoms with Crippen molar-refractivity contribution < 1.29 is 27.4 Å². The first-order chi connectivity index (χ1) is 18.1. The molecule has 2 aliphatic rings. The van der Waals surface area contributed by atoms with Crippen LogP contribution in [0.4, 0.5) is 18.9 Å². The average Bonchev–Trinajstić information content (AvgIpc) is 3.73. The predicted molar refractivity (Wildman–Crippen MR) is 142 cm³/mol. The highest BCUT2D eigenvalue weighted by molar-refractivity contribution is 6.32. The topological polar surface area (TPSA) is 72.5 Å². The Labute approximate surface area is 224 Å². The van der Waals surface area contributed by atoms with Gasteiger partial charge < -0.3 is 20.1 Å². The van der Waals surface area contributed by atoms with Crippen molar-refractivity contribution in [2.24, 2.45) is 5.92 Å². The molecule has 1 unspecified atom stereocenters. The number of hydrogen-bond acceptors (Lipinski definition) is 5. The van der Waals surface area contributed by atoms with Crippen LogP contribution in [0.25, 0.3) is 5.57 Å². The zero-order valence-electron chi connectivity index (χ0n) is 21.3.